The maximum atomic E-state index is 13.5. The fraction of sp³-hybridized carbons (Fsp3) is 0.217. The first-order valence-electron chi connectivity index (χ1n) is 8.72. The third kappa shape index (κ3) is 3.31. The monoisotopic (exact) mass is 362 g/mol. The van der Waals surface area contributed by atoms with Crippen LogP contribution >= 0.6 is 0 Å². The smallest absolute Gasteiger partial charge is 0.178 e. The molecule has 1 unspecified atom stereocenters. The van der Waals surface area contributed by atoms with Crippen molar-refractivity contribution < 1.29 is 18.7 Å². The number of benzene rings is 2. The standard InChI is InChI=1S/C23H22O4/c1-5-23(2,3)19(20(24)15-9-7-6-8-10-15)21(25)17-11-12-18-16(13-14-27-18)22(17)26-4/h5-14,19H,1H2,2-4H3. The molecule has 0 aliphatic rings. The number of rotatable bonds is 7. The number of hydrogen-bond donors (Lipinski definition) is 0. The Morgan fingerprint density at radius 3 is 2.41 bits per heavy atom. The van der Waals surface area contributed by atoms with Crippen LogP contribution in [-0.4, -0.2) is 18.7 Å². The van der Waals surface area contributed by atoms with E-state index in [0.29, 0.717) is 27.8 Å². The highest BCUT2D eigenvalue weighted by Crippen LogP contribution is 2.38. The van der Waals surface area contributed by atoms with Crippen LogP contribution in [0.15, 0.2) is 71.9 Å². The molecule has 138 valence electrons. The van der Waals surface area contributed by atoms with Gasteiger partial charge in [-0.05, 0) is 23.6 Å². The lowest BCUT2D eigenvalue weighted by Gasteiger charge is -2.29. The highest BCUT2D eigenvalue weighted by Gasteiger charge is 2.40. The topological polar surface area (TPSA) is 56.5 Å². The summed E-state index contributed by atoms with van der Waals surface area (Å²) < 4.78 is 10.9. The number of furan rings is 1. The predicted molar refractivity (Wildman–Crippen MR) is 105 cm³/mol. The number of hydrogen-bond acceptors (Lipinski definition) is 4. The summed E-state index contributed by atoms with van der Waals surface area (Å²) in [6.07, 6.45) is 3.20. The van der Waals surface area contributed by atoms with Gasteiger partial charge in [0.1, 0.15) is 11.3 Å². The molecule has 0 saturated carbocycles. The number of ether oxygens (including phenoxy) is 1. The average Bonchev–Trinajstić information content (AvgIpc) is 3.16. The zero-order chi connectivity index (χ0) is 19.6. The summed E-state index contributed by atoms with van der Waals surface area (Å²) in [5.74, 6) is -1.04. The molecule has 4 nitrogen and oxygen atoms in total. The average molecular weight is 362 g/mol. The molecule has 0 spiro atoms. The van der Waals surface area contributed by atoms with Crippen LogP contribution in [0.25, 0.3) is 11.0 Å². The summed E-state index contributed by atoms with van der Waals surface area (Å²) in [5, 5.41) is 0.700. The summed E-state index contributed by atoms with van der Waals surface area (Å²) in [7, 11) is 1.51. The molecule has 0 N–H and O–H groups in total. The molecular weight excluding hydrogens is 340 g/mol. The molecule has 1 aromatic heterocycles. The molecule has 0 fully saturated rings. The third-order valence-corrected chi connectivity index (χ3v) is 4.91. The normalized spacial score (nSPS) is 12.6. The number of methoxy groups -OCH3 is 1. The van der Waals surface area contributed by atoms with E-state index in [1.165, 1.54) is 7.11 Å². The summed E-state index contributed by atoms with van der Waals surface area (Å²) in [6, 6.07) is 14.0. The van der Waals surface area contributed by atoms with Crippen molar-refractivity contribution in [2.24, 2.45) is 11.3 Å². The van der Waals surface area contributed by atoms with Crippen molar-refractivity contribution in [3.8, 4) is 5.75 Å². The lowest BCUT2D eigenvalue weighted by molar-refractivity contribution is 0.0718. The highest BCUT2D eigenvalue weighted by molar-refractivity contribution is 6.18. The van der Waals surface area contributed by atoms with E-state index in [-0.39, 0.29) is 11.6 Å². The van der Waals surface area contributed by atoms with Crippen molar-refractivity contribution in [3.05, 3.63) is 78.6 Å². The lowest BCUT2D eigenvalue weighted by atomic mass is 9.71. The Kier molecular flexibility index (Phi) is 5.00. The fourth-order valence-electron chi connectivity index (χ4n) is 3.27. The van der Waals surface area contributed by atoms with Gasteiger partial charge in [0.2, 0.25) is 0 Å². The van der Waals surface area contributed by atoms with Gasteiger partial charge in [0.15, 0.2) is 11.6 Å². The van der Waals surface area contributed by atoms with Crippen molar-refractivity contribution in [3.63, 3.8) is 0 Å². The second-order valence-electron chi connectivity index (χ2n) is 7.03. The summed E-state index contributed by atoms with van der Waals surface area (Å²) in [4.78, 5) is 26.8. The second-order valence-corrected chi connectivity index (χ2v) is 7.03. The number of carbonyl (C=O) groups is 2. The molecule has 0 aliphatic carbocycles. The first-order valence-corrected chi connectivity index (χ1v) is 8.72. The zero-order valence-corrected chi connectivity index (χ0v) is 15.7. The Bertz CT molecular complexity index is 996. The molecule has 0 bridgehead atoms. The van der Waals surface area contributed by atoms with Crippen LogP contribution in [0.3, 0.4) is 0 Å². The van der Waals surface area contributed by atoms with E-state index in [1.54, 1.807) is 54.8 Å². The van der Waals surface area contributed by atoms with Gasteiger partial charge in [0.25, 0.3) is 0 Å². The number of allylic oxidation sites excluding steroid dienone is 1. The molecule has 27 heavy (non-hydrogen) atoms. The molecule has 3 rings (SSSR count). The number of ketones is 2. The Labute approximate surface area is 158 Å². The molecular formula is C23H22O4. The van der Waals surface area contributed by atoms with E-state index in [4.69, 9.17) is 9.15 Å². The van der Waals surface area contributed by atoms with Gasteiger partial charge in [-0.25, -0.2) is 0 Å². The van der Waals surface area contributed by atoms with Crippen molar-refractivity contribution >= 4 is 22.5 Å². The molecule has 0 radical (unpaired) electrons. The molecule has 0 aliphatic heterocycles. The molecule has 4 heteroatoms. The molecule has 1 atom stereocenters. The van der Waals surface area contributed by atoms with E-state index >= 15 is 0 Å². The minimum atomic E-state index is -0.921. The maximum absolute atomic E-state index is 13.5. The van der Waals surface area contributed by atoms with Crippen LogP contribution in [0.4, 0.5) is 0 Å². The SMILES string of the molecule is C=CC(C)(C)C(C(=O)c1ccccc1)C(=O)c1ccc2occc2c1OC. The molecule has 1 heterocycles. The van der Waals surface area contributed by atoms with Crippen molar-refractivity contribution in [2.75, 3.05) is 7.11 Å². The van der Waals surface area contributed by atoms with Crippen molar-refractivity contribution in [1.82, 2.24) is 0 Å². The number of fused-ring (bicyclic) bond motifs is 1. The van der Waals surface area contributed by atoms with Gasteiger partial charge in [0, 0.05) is 5.56 Å². The maximum Gasteiger partial charge on any atom is 0.178 e. The number of carbonyl (C=O) groups excluding carboxylic acids is 2. The summed E-state index contributed by atoms with van der Waals surface area (Å²) in [5.41, 5.74) is 0.738. The zero-order valence-electron chi connectivity index (χ0n) is 15.7. The largest absolute Gasteiger partial charge is 0.495 e. The van der Waals surface area contributed by atoms with Crippen LogP contribution in [0.2, 0.25) is 0 Å². The van der Waals surface area contributed by atoms with Gasteiger partial charge in [-0.15, -0.1) is 6.58 Å². The van der Waals surface area contributed by atoms with Gasteiger partial charge in [-0.3, -0.25) is 9.59 Å². The predicted octanol–water partition coefficient (Wildman–Crippen LogP) is 5.34. The highest BCUT2D eigenvalue weighted by atomic mass is 16.5. The molecule has 0 saturated heterocycles. The lowest BCUT2D eigenvalue weighted by Crippen LogP contribution is -2.36. The second kappa shape index (κ2) is 7.23. The van der Waals surface area contributed by atoms with Crippen LogP contribution in [-0.2, 0) is 0 Å². The third-order valence-electron chi connectivity index (χ3n) is 4.91. The summed E-state index contributed by atoms with van der Waals surface area (Å²) >= 11 is 0. The minimum Gasteiger partial charge on any atom is -0.495 e. The van der Waals surface area contributed by atoms with E-state index in [1.807, 2.05) is 19.9 Å². The van der Waals surface area contributed by atoms with Crippen LogP contribution in [0.1, 0.15) is 34.6 Å². The molecule has 3 aromatic rings. The number of Topliss-reactive ketones (excluding diaryl/α,β-unsaturated/α-hetero) is 2. The Morgan fingerprint density at radius 1 is 1.07 bits per heavy atom. The van der Waals surface area contributed by atoms with Gasteiger partial charge in [-0.2, -0.15) is 0 Å². The van der Waals surface area contributed by atoms with E-state index in [9.17, 15) is 9.59 Å². The van der Waals surface area contributed by atoms with Crippen LogP contribution in [0, 0.1) is 11.3 Å². The van der Waals surface area contributed by atoms with E-state index in [2.05, 4.69) is 6.58 Å². The Balaban J connectivity index is 2.14. The van der Waals surface area contributed by atoms with E-state index < -0.39 is 11.3 Å². The first-order chi connectivity index (χ1) is 12.9. The van der Waals surface area contributed by atoms with Gasteiger partial charge < -0.3 is 9.15 Å². The first kappa shape index (κ1) is 18.6. The molecule has 0 amide bonds. The quantitative estimate of drug-likeness (QED) is 0.324. The Hall–Kier alpha value is -3.14. The van der Waals surface area contributed by atoms with Crippen molar-refractivity contribution in [1.29, 1.82) is 0 Å². The van der Waals surface area contributed by atoms with Gasteiger partial charge in [-0.1, -0.05) is 50.3 Å². The van der Waals surface area contributed by atoms with Gasteiger partial charge >= 0.3 is 0 Å². The van der Waals surface area contributed by atoms with Crippen LogP contribution in [0.5, 0.6) is 5.75 Å². The van der Waals surface area contributed by atoms with Crippen molar-refractivity contribution in [2.45, 2.75) is 13.8 Å². The Morgan fingerprint density at radius 2 is 1.78 bits per heavy atom. The van der Waals surface area contributed by atoms with Gasteiger partial charge in [0.05, 0.1) is 30.2 Å². The summed E-state index contributed by atoms with van der Waals surface area (Å²) in [6.45, 7) is 7.52. The fourth-order valence-corrected chi connectivity index (χ4v) is 3.27. The molecule has 2 aromatic carbocycles. The minimum absolute atomic E-state index is 0.236. The van der Waals surface area contributed by atoms with Crippen LogP contribution < -0.4 is 4.74 Å². The van der Waals surface area contributed by atoms with E-state index in [0.717, 1.165) is 0 Å².